The Morgan fingerprint density at radius 3 is 1.28 bits per heavy atom. The summed E-state index contributed by atoms with van der Waals surface area (Å²) in [7, 11) is 0. The third-order valence-electron chi connectivity index (χ3n) is 10.7. The number of amides is 4. The fraction of sp³-hybridized carbons (Fsp3) is 0.394. The molecular formula is C33H30N2O8. The zero-order valence-electron chi connectivity index (χ0n) is 23.7. The summed E-state index contributed by atoms with van der Waals surface area (Å²) in [5, 5.41) is 4.86. The number of nitrogens with one attached hydrogen (secondary N) is 2. The minimum absolute atomic E-state index is 0.0785. The topological polar surface area (TPSA) is 145 Å². The van der Waals surface area contributed by atoms with Gasteiger partial charge in [-0.2, -0.15) is 0 Å². The van der Waals surface area contributed by atoms with E-state index in [1.165, 1.54) is 0 Å². The minimum atomic E-state index is -1.83. The molecule has 10 heteroatoms. The SMILES string of the molecule is CC12C3=C(CC(C(=O)OCc4ccccc4)(C(=O)OCc4ccccc4)C3)C(C)(C3C(=O)NC(=O)C31)C1C(=O)NC(=O)C12. The number of ether oxygens (including phenoxy) is 2. The van der Waals surface area contributed by atoms with Crippen LogP contribution >= 0.6 is 0 Å². The predicted molar refractivity (Wildman–Crippen MR) is 148 cm³/mol. The first-order valence-electron chi connectivity index (χ1n) is 14.4. The zero-order chi connectivity index (χ0) is 30.3. The Hall–Kier alpha value is -4.60. The fourth-order valence-corrected chi connectivity index (χ4v) is 8.78. The molecule has 2 aromatic carbocycles. The van der Waals surface area contributed by atoms with E-state index in [-0.39, 0.29) is 26.1 Å². The van der Waals surface area contributed by atoms with E-state index in [4.69, 9.17) is 9.47 Å². The summed E-state index contributed by atoms with van der Waals surface area (Å²) in [6.07, 6.45) is -0.296. The molecule has 8 rings (SSSR count). The van der Waals surface area contributed by atoms with Crippen molar-refractivity contribution in [3.05, 3.63) is 82.9 Å². The average molecular weight is 583 g/mol. The van der Waals surface area contributed by atoms with Crippen LogP contribution in [0.4, 0.5) is 0 Å². The van der Waals surface area contributed by atoms with Crippen molar-refractivity contribution in [1.29, 1.82) is 0 Å². The van der Waals surface area contributed by atoms with Crippen molar-refractivity contribution >= 4 is 35.6 Å². The van der Waals surface area contributed by atoms with Crippen LogP contribution in [-0.2, 0) is 51.5 Å². The maximum Gasteiger partial charge on any atom is 0.324 e. The molecule has 1 saturated carbocycles. The van der Waals surface area contributed by atoms with Gasteiger partial charge in [0.25, 0.3) is 0 Å². The van der Waals surface area contributed by atoms with E-state index in [0.717, 1.165) is 11.1 Å². The maximum atomic E-state index is 14.1. The first kappa shape index (κ1) is 27.2. The Morgan fingerprint density at radius 1 is 0.628 bits per heavy atom. The number of carbonyl (C=O) groups excluding carboxylic acids is 6. The minimum Gasteiger partial charge on any atom is -0.460 e. The van der Waals surface area contributed by atoms with Crippen LogP contribution in [0.3, 0.4) is 0 Å². The highest BCUT2D eigenvalue weighted by Gasteiger charge is 2.80. The van der Waals surface area contributed by atoms with Crippen molar-refractivity contribution in [1.82, 2.24) is 10.6 Å². The van der Waals surface area contributed by atoms with Crippen LogP contribution in [0.15, 0.2) is 71.8 Å². The lowest BCUT2D eigenvalue weighted by Crippen LogP contribution is -2.64. The Labute approximate surface area is 247 Å². The lowest BCUT2D eigenvalue weighted by Gasteiger charge is -2.61. The second-order valence-corrected chi connectivity index (χ2v) is 12.7. The van der Waals surface area contributed by atoms with Crippen LogP contribution in [0, 0.1) is 39.9 Å². The first-order chi connectivity index (χ1) is 20.5. The maximum absolute atomic E-state index is 14.1. The summed E-state index contributed by atoms with van der Waals surface area (Å²) >= 11 is 0. The van der Waals surface area contributed by atoms with Gasteiger partial charge in [0.05, 0.1) is 23.7 Å². The summed E-state index contributed by atoms with van der Waals surface area (Å²) in [5.41, 5.74) is -1.76. The normalized spacial score (nSPS) is 33.0. The Kier molecular flexibility index (Phi) is 5.83. The molecule has 2 N–H and O–H groups in total. The van der Waals surface area contributed by atoms with E-state index in [0.29, 0.717) is 11.1 Å². The van der Waals surface area contributed by atoms with Gasteiger partial charge in [-0.1, -0.05) is 85.7 Å². The van der Waals surface area contributed by atoms with E-state index in [1.54, 1.807) is 38.1 Å². The Morgan fingerprint density at radius 2 is 0.953 bits per heavy atom. The van der Waals surface area contributed by atoms with Gasteiger partial charge in [0.1, 0.15) is 13.2 Å². The number of benzene rings is 2. The number of hydrogen-bond donors (Lipinski definition) is 2. The summed E-state index contributed by atoms with van der Waals surface area (Å²) in [6, 6.07) is 18.1. The van der Waals surface area contributed by atoms with Gasteiger partial charge in [0.15, 0.2) is 5.41 Å². The highest BCUT2D eigenvalue weighted by atomic mass is 16.6. The highest BCUT2D eigenvalue weighted by molar-refractivity contribution is 6.13. The van der Waals surface area contributed by atoms with Crippen LogP contribution in [0.5, 0.6) is 0 Å². The van der Waals surface area contributed by atoms with Crippen LogP contribution < -0.4 is 10.6 Å². The molecule has 0 radical (unpaired) electrons. The lowest BCUT2D eigenvalue weighted by atomic mass is 9.38. The number of imide groups is 2. The molecule has 10 nitrogen and oxygen atoms in total. The van der Waals surface area contributed by atoms with E-state index in [2.05, 4.69) is 10.6 Å². The Bertz CT molecular complexity index is 1480. The standard InChI is InChI=1S/C33H30N2O8/c1-31-19-13-33(29(40)42-15-17-9-5-3-6-10-17,30(41)43-16-18-11-7-4-8-12-18)14-20(19)32(2,23-21(31)25(36)34-27(23)38)24-22(31)26(37)35-28(24)39/h3-12,21-24H,13-16H2,1-2H3,(H,34,36,38)(H,35,37,39). The molecule has 2 saturated heterocycles. The molecular weight excluding hydrogens is 552 g/mol. The molecule has 43 heavy (non-hydrogen) atoms. The van der Waals surface area contributed by atoms with Gasteiger partial charge in [-0.05, 0) is 24.0 Å². The molecule has 0 aromatic heterocycles. The number of esters is 2. The quantitative estimate of drug-likeness (QED) is 0.229. The van der Waals surface area contributed by atoms with Crippen LogP contribution in [0.1, 0.15) is 37.8 Å². The monoisotopic (exact) mass is 582 g/mol. The smallest absolute Gasteiger partial charge is 0.324 e. The van der Waals surface area contributed by atoms with Crippen molar-refractivity contribution in [3.63, 3.8) is 0 Å². The highest BCUT2D eigenvalue weighted by Crippen LogP contribution is 2.76. The fourth-order valence-electron chi connectivity index (χ4n) is 8.78. The van der Waals surface area contributed by atoms with Crippen molar-refractivity contribution in [2.75, 3.05) is 0 Å². The lowest BCUT2D eigenvalue weighted by molar-refractivity contribution is -0.173. The predicted octanol–water partition coefficient (Wildman–Crippen LogP) is 2.37. The zero-order valence-corrected chi connectivity index (χ0v) is 23.7. The largest absolute Gasteiger partial charge is 0.460 e. The molecule has 0 spiro atoms. The molecule has 2 aliphatic heterocycles. The van der Waals surface area contributed by atoms with E-state index >= 15 is 0 Å². The molecule has 6 aliphatic rings. The second kappa shape index (κ2) is 9.20. The van der Waals surface area contributed by atoms with Crippen molar-refractivity contribution in [2.45, 2.75) is 39.9 Å². The van der Waals surface area contributed by atoms with E-state index < -0.39 is 75.5 Å². The molecule has 4 aliphatic carbocycles. The second-order valence-electron chi connectivity index (χ2n) is 12.7. The summed E-state index contributed by atoms with van der Waals surface area (Å²) in [6.45, 7) is 3.27. The summed E-state index contributed by atoms with van der Waals surface area (Å²) in [4.78, 5) is 81.4. The molecule has 4 unspecified atom stereocenters. The molecule has 4 amide bonds. The van der Waals surface area contributed by atoms with Crippen LogP contribution in [-0.4, -0.2) is 35.6 Å². The van der Waals surface area contributed by atoms with E-state index in [1.807, 2.05) is 36.4 Å². The number of allylic oxidation sites excluding steroid dienone is 2. The van der Waals surface area contributed by atoms with Gasteiger partial charge in [0.2, 0.25) is 23.6 Å². The molecule has 220 valence electrons. The number of rotatable bonds is 6. The molecule has 2 heterocycles. The van der Waals surface area contributed by atoms with Gasteiger partial charge >= 0.3 is 11.9 Å². The van der Waals surface area contributed by atoms with Gasteiger partial charge in [-0.15, -0.1) is 0 Å². The Balaban J connectivity index is 1.32. The van der Waals surface area contributed by atoms with Gasteiger partial charge in [-0.25, -0.2) is 0 Å². The summed E-state index contributed by atoms with van der Waals surface area (Å²) in [5.74, 6) is -7.39. The van der Waals surface area contributed by atoms with Gasteiger partial charge in [-0.3, -0.25) is 39.4 Å². The molecule has 4 atom stereocenters. The molecule has 3 fully saturated rings. The van der Waals surface area contributed by atoms with Crippen LogP contribution in [0.2, 0.25) is 0 Å². The molecule has 2 bridgehead atoms. The third-order valence-corrected chi connectivity index (χ3v) is 10.7. The first-order valence-corrected chi connectivity index (χ1v) is 14.4. The number of hydrogen-bond acceptors (Lipinski definition) is 8. The average Bonchev–Trinajstić information content (AvgIpc) is 3.67. The third kappa shape index (κ3) is 3.52. The number of carbonyl (C=O) groups is 6. The van der Waals surface area contributed by atoms with Crippen molar-refractivity contribution < 1.29 is 38.2 Å². The van der Waals surface area contributed by atoms with Crippen LogP contribution in [0.25, 0.3) is 0 Å². The van der Waals surface area contributed by atoms with Crippen molar-refractivity contribution in [3.8, 4) is 0 Å². The van der Waals surface area contributed by atoms with Gasteiger partial charge < -0.3 is 9.47 Å². The molecule has 2 aromatic rings. The van der Waals surface area contributed by atoms with E-state index in [9.17, 15) is 28.8 Å². The van der Waals surface area contributed by atoms with Crippen molar-refractivity contribution in [2.24, 2.45) is 39.9 Å². The van der Waals surface area contributed by atoms with Gasteiger partial charge in [0, 0.05) is 10.8 Å². The summed E-state index contributed by atoms with van der Waals surface area (Å²) < 4.78 is 11.5.